The number of rotatable bonds is 10. The second-order valence-electron chi connectivity index (χ2n) is 8.42. The van der Waals surface area contributed by atoms with Gasteiger partial charge in [0.25, 0.3) is 0 Å². The molecule has 0 aliphatic carbocycles. The van der Waals surface area contributed by atoms with E-state index in [0.29, 0.717) is 23.8 Å². The van der Waals surface area contributed by atoms with E-state index in [0.717, 1.165) is 0 Å². The minimum atomic E-state index is -0.687. The van der Waals surface area contributed by atoms with Gasteiger partial charge in [-0.05, 0) is 38.3 Å². The minimum Gasteiger partial charge on any atom is -0.354 e. The van der Waals surface area contributed by atoms with E-state index in [9.17, 15) is 14.0 Å². The van der Waals surface area contributed by atoms with Gasteiger partial charge >= 0.3 is 0 Å². The van der Waals surface area contributed by atoms with E-state index in [1.54, 1.807) is 25.1 Å². The van der Waals surface area contributed by atoms with Crippen LogP contribution in [0.1, 0.15) is 43.0 Å². The van der Waals surface area contributed by atoms with Gasteiger partial charge in [-0.2, -0.15) is 0 Å². The lowest BCUT2D eigenvalue weighted by Gasteiger charge is -2.29. The van der Waals surface area contributed by atoms with Crippen LogP contribution in [-0.2, 0) is 21.9 Å². The lowest BCUT2D eigenvalue weighted by Crippen LogP contribution is -2.48. The molecular formula is C25H33FN2O2S. The van der Waals surface area contributed by atoms with Crippen LogP contribution in [0.2, 0.25) is 0 Å². The first kappa shape index (κ1) is 24.9. The second kappa shape index (κ2) is 11.9. The summed E-state index contributed by atoms with van der Waals surface area (Å²) in [6.07, 6.45) is 0. The topological polar surface area (TPSA) is 49.4 Å². The molecule has 0 aliphatic heterocycles. The zero-order valence-electron chi connectivity index (χ0n) is 19.1. The highest BCUT2D eigenvalue weighted by Gasteiger charge is 2.26. The summed E-state index contributed by atoms with van der Waals surface area (Å²) in [5.74, 6) is 0.458. The molecule has 2 aromatic rings. The van der Waals surface area contributed by atoms with E-state index < -0.39 is 6.04 Å². The molecule has 0 saturated carbocycles. The second-order valence-corrected chi connectivity index (χ2v) is 9.40. The van der Waals surface area contributed by atoms with Crippen molar-refractivity contribution in [2.45, 2.75) is 53.0 Å². The maximum atomic E-state index is 14.2. The Morgan fingerprint density at radius 1 is 1.06 bits per heavy atom. The summed E-state index contributed by atoms with van der Waals surface area (Å²) in [6.45, 7) is 10.4. The van der Waals surface area contributed by atoms with Crippen LogP contribution in [-0.4, -0.2) is 35.1 Å². The summed E-state index contributed by atoms with van der Waals surface area (Å²) < 4.78 is 14.2. The Labute approximate surface area is 189 Å². The van der Waals surface area contributed by atoms with E-state index in [-0.39, 0.29) is 29.9 Å². The van der Waals surface area contributed by atoms with E-state index in [1.807, 2.05) is 13.8 Å². The molecule has 2 aromatic carbocycles. The van der Waals surface area contributed by atoms with Crippen molar-refractivity contribution in [2.75, 3.05) is 12.3 Å². The fourth-order valence-electron chi connectivity index (χ4n) is 3.34. The van der Waals surface area contributed by atoms with Crippen molar-refractivity contribution in [1.29, 1.82) is 0 Å². The molecule has 0 aromatic heterocycles. The Kier molecular flexibility index (Phi) is 9.56. The Morgan fingerprint density at radius 3 is 2.32 bits per heavy atom. The van der Waals surface area contributed by atoms with Crippen LogP contribution in [0.25, 0.3) is 0 Å². The Hall–Kier alpha value is -2.34. The average molecular weight is 445 g/mol. The fourth-order valence-corrected chi connectivity index (χ4v) is 4.18. The highest BCUT2D eigenvalue weighted by Crippen LogP contribution is 2.19. The van der Waals surface area contributed by atoms with Crippen LogP contribution in [0, 0.1) is 25.6 Å². The van der Waals surface area contributed by atoms with Crippen LogP contribution < -0.4 is 5.32 Å². The fraction of sp³-hybridized carbons (Fsp3) is 0.440. The van der Waals surface area contributed by atoms with E-state index in [1.165, 1.54) is 39.4 Å². The largest absolute Gasteiger partial charge is 0.354 e. The monoisotopic (exact) mass is 444 g/mol. The number of hydrogen-bond donors (Lipinski definition) is 1. The molecule has 0 unspecified atom stereocenters. The highest BCUT2D eigenvalue weighted by atomic mass is 32.2. The number of thioether (sulfide) groups is 1. The lowest BCUT2D eigenvalue weighted by atomic mass is 10.1. The van der Waals surface area contributed by atoms with E-state index in [2.05, 4.69) is 37.4 Å². The van der Waals surface area contributed by atoms with Crippen LogP contribution >= 0.6 is 11.8 Å². The van der Waals surface area contributed by atoms with Crippen molar-refractivity contribution >= 4 is 23.6 Å². The average Bonchev–Trinajstić information content (AvgIpc) is 2.70. The zero-order chi connectivity index (χ0) is 23.0. The maximum Gasteiger partial charge on any atom is 0.242 e. The van der Waals surface area contributed by atoms with Gasteiger partial charge in [-0.3, -0.25) is 9.59 Å². The molecule has 4 nitrogen and oxygen atoms in total. The van der Waals surface area contributed by atoms with Crippen LogP contribution in [0.5, 0.6) is 0 Å². The molecule has 0 heterocycles. The Bertz CT molecular complexity index is 881. The summed E-state index contributed by atoms with van der Waals surface area (Å²) in [5, 5.41) is 2.88. The summed E-state index contributed by atoms with van der Waals surface area (Å²) in [6, 6.07) is 12.0. The van der Waals surface area contributed by atoms with Crippen molar-refractivity contribution in [3.63, 3.8) is 0 Å². The third-order valence-corrected chi connectivity index (χ3v) is 5.91. The number of halogens is 1. The van der Waals surface area contributed by atoms with Crippen LogP contribution in [0.3, 0.4) is 0 Å². The van der Waals surface area contributed by atoms with Crippen molar-refractivity contribution < 1.29 is 14.0 Å². The predicted molar refractivity (Wildman–Crippen MR) is 126 cm³/mol. The van der Waals surface area contributed by atoms with Crippen molar-refractivity contribution in [1.82, 2.24) is 10.2 Å². The number of aryl methyl sites for hydroxylation is 2. The van der Waals surface area contributed by atoms with Crippen LogP contribution in [0.4, 0.5) is 4.39 Å². The SMILES string of the molecule is Cc1cc(C)cc(CSCC(=O)N(Cc2ccccc2F)[C@H](C)C(=O)NCC(C)C)c1. The summed E-state index contributed by atoms with van der Waals surface area (Å²) in [7, 11) is 0. The molecule has 168 valence electrons. The first-order valence-electron chi connectivity index (χ1n) is 10.6. The first-order chi connectivity index (χ1) is 14.7. The smallest absolute Gasteiger partial charge is 0.242 e. The number of benzene rings is 2. The molecule has 0 radical (unpaired) electrons. The molecule has 1 atom stereocenters. The van der Waals surface area contributed by atoms with Gasteiger partial charge in [0.2, 0.25) is 11.8 Å². The Balaban J connectivity index is 2.09. The molecule has 6 heteroatoms. The maximum absolute atomic E-state index is 14.2. The number of amides is 2. The molecule has 2 amide bonds. The van der Waals surface area contributed by atoms with Gasteiger partial charge in [-0.25, -0.2) is 4.39 Å². The van der Waals surface area contributed by atoms with Gasteiger partial charge in [0.05, 0.1) is 5.75 Å². The first-order valence-corrected chi connectivity index (χ1v) is 11.8. The lowest BCUT2D eigenvalue weighted by molar-refractivity contribution is -0.138. The van der Waals surface area contributed by atoms with Crippen molar-refractivity contribution in [3.8, 4) is 0 Å². The number of hydrogen-bond acceptors (Lipinski definition) is 3. The van der Waals surface area contributed by atoms with Gasteiger partial charge in [-0.1, -0.05) is 61.4 Å². The van der Waals surface area contributed by atoms with Crippen LogP contribution in [0.15, 0.2) is 42.5 Å². The quantitative estimate of drug-likeness (QED) is 0.569. The van der Waals surface area contributed by atoms with Gasteiger partial charge in [0.1, 0.15) is 11.9 Å². The predicted octanol–water partition coefficient (Wildman–Crippen LogP) is 4.87. The normalized spacial score (nSPS) is 12.0. The summed E-state index contributed by atoms with van der Waals surface area (Å²) in [4.78, 5) is 27.2. The van der Waals surface area contributed by atoms with E-state index >= 15 is 0 Å². The number of carbonyl (C=O) groups is 2. The third kappa shape index (κ3) is 8.02. The van der Waals surface area contributed by atoms with Crippen molar-refractivity contribution in [2.24, 2.45) is 5.92 Å². The summed E-state index contributed by atoms with van der Waals surface area (Å²) >= 11 is 1.51. The van der Waals surface area contributed by atoms with Gasteiger partial charge in [0, 0.05) is 24.4 Å². The van der Waals surface area contributed by atoms with Gasteiger partial charge < -0.3 is 10.2 Å². The van der Waals surface area contributed by atoms with Gasteiger partial charge in [0.15, 0.2) is 0 Å². The molecule has 0 saturated heterocycles. The summed E-state index contributed by atoms with van der Waals surface area (Å²) in [5.41, 5.74) is 3.95. The molecule has 0 bridgehead atoms. The highest BCUT2D eigenvalue weighted by molar-refractivity contribution is 7.99. The number of nitrogens with one attached hydrogen (secondary N) is 1. The minimum absolute atomic E-state index is 0.0614. The zero-order valence-corrected chi connectivity index (χ0v) is 19.9. The molecule has 0 aliphatic rings. The van der Waals surface area contributed by atoms with E-state index in [4.69, 9.17) is 0 Å². The number of nitrogens with zero attached hydrogens (tertiary/aromatic N) is 1. The number of carbonyl (C=O) groups excluding carboxylic acids is 2. The molecule has 1 N–H and O–H groups in total. The van der Waals surface area contributed by atoms with Gasteiger partial charge in [-0.15, -0.1) is 11.8 Å². The standard InChI is InChI=1S/C25H33FN2O2S/c1-17(2)13-27-25(30)20(5)28(14-22-8-6-7-9-23(22)26)24(29)16-31-15-21-11-18(3)10-19(4)12-21/h6-12,17,20H,13-16H2,1-5H3,(H,27,30)/t20-/m1/s1. The molecule has 31 heavy (non-hydrogen) atoms. The molecule has 2 rings (SSSR count). The molecule has 0 spiro atoms. The molecular weight excluding hydrogens is 411 g/mol. The Morgan fingerprint density at radius 2 is 1.71 bits per heavy atom. The van der Waals surface area contributed by atoms with Crippen molar-refractivity contribution in [3.05, 3.63) is 70.5 Å². The third-order valence-electron chi connectivity index (χ3n) is 4.93. The molecule has 0 fully saturated rings.